The number of hydrogen-bond acceptors (Lipinski definition) is 3. The van der Waals surface area contributed by atoms with Crippen molar-refractivity contribution >= 4 is 13.3 Å². The number of carbonyl (C=O) groups is 1. The average molecular weight is 177 g/mol. The summed E-state index contributed by atoms with van der Waals surface area (Å²) in [5, 5.41) is 2.54. The third kappa shape index (κ3) is 1.82. The summed E-state index contributed by atoms with van der Waals surface area (Å²) in [7, 11) is -2.57. The van der Waals surface area contributed by atoms with E-state index in [0.717, 1.165) is 0 Å². The van der Waals surface area contributed by atoms with Gasteiger partial charge in [0.05, 0.1) is 13.0 Å². The summed E-state index contributed by atoms with van der Waals surface area (Å²) >= 11 is 0. The van der Waals surface area contributed by atoms with E-state index in [1.165, 1.54) is 0 Å². The third-order valence-corrected chi connectivity index (χ3v) is 3.87. The molecule has 1 heterocycles. The van der Waals surface area contributed by atoms with Crippen molar-refractivity contribution in [3.63, 3.8) is 0 Å². The predicted molar refractivity (Wildman–Crippen MR) is 41.7 cm³/mol. The highest BCUT2D eigenvalue weighted by Gasteiger charge is 2.38. The van der Waals surface area contributed by atoms with E-state index >= 15 is 0 Å². The highest BCUT2D eigenvalue weighted by atomic mass is 31.2. The Morgan fingerprint density at radius 2 is 2.36 bits per heavy atom. The summed E-state index contributed by atoms with van der Waals surface area (Å²) in [6, 6.07) is 0. The van der Waals surface area contributed by atoms with Crippen LogP contribution in [0.25, 0.3) is 0 Å². The van der Waals surface area contributed by atoms with Crippen molar-refractivity contribution in [2.75, 3.05) is 13.3 Å². The van der Waals surface area contributed by atoms with Gasteiger partial charge >= 0.3 is 0 Å². The number of nitrogens with one attached hydrogen (secondary N) is 1. The molecule has 1 aliphatic heterocycles. The minimum atomic E-state index is -2.57. The van der Waals surface area contributed by atoms with Crippen molar-refractivity contribution in [2.45, 2.75) is 19.1 Å². The second-order valence-corrected chi connectivity index (χ2v) is 5.31. The summed E-state index contributed by atoms with van der Waals surface area (Å²) in [5.41, 5.74) is 0. The second-order valence-electron chi connectivity index (χ2n) is 2.61. The Hall–Kier alpha value is -0.340. The molecule has 1 amide bonds. The second kappa shape index (κ2) is 2.95. The molecule has 1 rings (SSSR count). The van der Waals surface area contributed by atoms with Gasteiger partial charge in [0.2, 0.25) is 13.3 Å². The molecule has 1 fully saturated rings. The molecule has 0 aromatic heterocycles. The summed E-state index contributed by atoms with van der Waals surface area (Å²) in [6.07, 6.45) is 0.341. The van der Waals surface area contributed by atoms with E-state index in [1.54, 1.807) is 13.6 Å². The van der Waals surface area contributed by atoms with Crippen molar-refractivity contribution in [1.29, 1.82) is 0 Å². The first-order valence-corrected chi connectivity index (χ1v) is 5.71. The maximum absolute atomic E-state index is 11.5. The van der Waals surface area contributed by atoms with Crippen LogP contribution in [-0.4, -0.2) is 25.0 Å². The van der Waals surface area contributed by atoms with Crippen molar-refractivity contribution in [1.82, 2.24) is 5.32 Å². The number of rotatable bonds is 3. The molecule has 2 atom stereocenters. The fourth-order valence-electron chi connectivity index (χ4n) is 0.970. The number of carbonyl (C=O) groups excluding carboxylic acids is 1. The van der Waals surface area contributed by atoms with Crippen LogP contribution in [0.5, 0.6) is 0 Å². The van der Waals surface area contributed by atoms with Gasteiger partial charge in [0.1, 0.15) is 5.78 Å². The molecular weight excluding hydrogens is 165 g/mol. The molecule has 4 nitrogen and oxygen atoms in total. The van der Waals surface area contributed by atoms with Crippen molar-refractivity contribution in [3.05, 3.63) is 0 Å². The summed E-state index contributed by atoms with van der Waals surface area (Å²) in [5.74, 6) is -0.285. The van der Waals surface area contributed by atoms with Crippen molar-refractivity contribution in [2.24, 2.45) is 0 Å². The standard InChI is InChI=1S/C6H12NO3P/c1-3-10-11(2,9)6-4-5(8)7-6/h6H,3-4H2,1-2H3,(H,7,8). The molecule has 0 bridgehead atoms. The third-order valence-electron chi connectivity index (χ3n) is 1.66. The first-order chi connectivity index (χ1) is 5.06. The summed E-state index contributed by atoms with van der Waals surface area (Å²) in [6.45, 7) is 3.78. The van der Waals surface area contributed by atoms with Crippen LogP contribution in [0.15, 0.2) is 0 Å². The van der Waals surface area contributed by atoms with Gasteiger partial charge in [-0.3, -0.25) is 9.36 Å². The van der Waals surface area contributed by atoms with Gasteiger partial charge in [-0.05, 0) is 6.92 Å². The molecule has 1 N–H and O–H groups in total. The Labute approximate surface area is 65.8 Å². The minimum absolute atomic E-state index is 0.0446. The van der Waals surface area contributed by atoms with E-state index < -0.39 is 7.37 Å². The maximum atomic E-state index is 11.5. The molecule has 1 saturated heterocycles. The number of amides is 1. The fourth-order valence-corrected chi connectivity index (χ4v) is 2.54. The lowest BCUT2D eigenvalue weighted by atomic mass is 10.3. The van der Waals surface area contributed by atoms with Crippen LogP contribution in [0.2, 0.25) is 0 Å². The molecule has 0 aromatic carbocycles. The molecular formula is C6H12NO3P. The van der Waals surface area contributed by atoms with Gasteiger partial charge in [-0.25, -0.2) is 0 Å². The monoisotopic (exact) mass is 177 g/mol. The van der Waals surface area contributed by atoms with Gasteiger partial charge in [-0.2, -0.15) is 0 Å². The van der Waals surface area contributed by atoms with Gasteiger partial charge in [-0.15, -0.1) is 0 Å². The quantitative estimate of drug-likeness (QED) is 0.511. The van der Waals surface area contributed by atoms with E-state index in [-0.39, 0.29) is 11.7 Å². The SMILES string of the molecule is CCOP(C)(=O)C1CC(=O)N1. The summed E-state index contributed by atoms with van der Waals surface area (Å²) in [4.78, 5) is 10.5. The summed E-state index contributed by atoms with van der Waals surface area (Å²) < 4.78 is 16.5. The van der Waals surface area contributed by atoms with Crippen LogP contribution in [0.3, 0.4) is 0 Å². The van der Waals surface area contributed by atoms with E-state index in [1.807, 2.05) is 0 Å². The van der Waals surface area contributed by atoms with Gasteiger partial charge in [-0.1, -0.05) is 0 Å². The maximum Gasteiger partial charge on any atom is 0.223 e. The van der Waals surface area contributed by atoms with Crippen LogP contribution >= 0.6 is 7.37 Å². The normalized spacial score (nSPS) is 28.5. The van der Waals surface area contributed by atoms with E-state index in [9.17, 15) is 9.36 Å². The Balaban J connectivity index is 2.46. The van der Waals surface area contributed by atoms with E-state index in [4.69, 9.17) is 4.52 Å². The van der Waals surface area contributed by atoms with Crippen LogP contribution in [0.4, 0.5) is 0 Å². The Morgan fingerprint density at radius 1 is 1.82 bits per heavy atom. The number of hydrogen-bond donors (Lipinski definition) is 1. The first kappa shape index (κ1) is 8.75. The minimum Gasteiger partial charge on any atom is -0.344 e. The lowest BCUT2D eigenvalue weighted by Gasteiger charge is -2.31. The Morgan fingerprint density at radius 3 is 2.73 bits per heavy atom. The molecule has 5 heteroatoms. The van der Waals surface area contributed by atoms with Crippen LogP contribution in [-0.2, 0) is 13.9 Å². The fraction of sp³-hybridized carbons (Fsp3) is 0.833. The highest BCUT2D eigenvalue weighted by molar-refractivity contribution is 7.59. The van der Waals surface area contributed by atoms with Gasteiger partial charge in [0.15, 0.2) is 0 Å². The van der Waals surface area contributed by atoms with Crippen molar-refractivity contribution in [3.8, 4) is 0 Å². The zero-order valence-corrected chi connectivity index (χ0v) is 7.56. The average Bonchev–Trinajstić information content (AvgIpc) is 1.81. The molecule has 0 spiro atoms. The van der Waals surface area contributed by atoms with Crippen LogP contribution < -0.4 is 5.32 Å². The molecule has 11 heavy (non-hydrogen) atoms. The lowest BCUT2D eigenvalue weighted by molar-refractivity contribution is -0.126. The predicted octanol–water partition coefficient (Wildman–Crippen LogP) is 0.777. The zero-order valence-electron chi connectivity index (χ0n) is 6.66. The smallest absolute Gasteiger partial charge is 0.223 e. The Kier molecular flexibility index (Phi) is 2.35. The molecule has 0 radical (unpaired) electrons. The lowest BCUT2D eigenvalue weighted by Crippen LogP contribution is -2.48. The van der Waals surface area contributed by atoms with Gasteiger partial charge < -0.3 is 9.84 Å². The Bertz CT molecular complexity index is 208. The topological polar surface area (TPSA) is 55.4 Å². The van der Waals surface area contributed by atoms with Crippen LogP contribution in [0, 0.1) is 0 Å². The molecule has 0 saturated carbocycles. The molecule has 2 unspecified atom stereocenters. The number of β-lactam (4-membered cyclic amide) rings is 1. The van der Waals surface area contributed by atoms with E-state index in [0.29, 0.717) is 13.0 Å². The zero-order chi connectivity index (χ0) is 8.48. The molecule has 1 aliphatic rings. The van der Waals surface area contributed by atoms with Gasteiger partial charge in [0, 0.05) is 6.66 Å². The first-order valence-electron chi connectivity index (χ1n) is 3.57. The largest absolute Gasteiger partial charge is 0.344 e. The molecule has 0 aliphatic carbocycles. The van der Waals surface area contributed by atoms with E-state index in [2.05, 4.69) is 5.32 Å². The molecule has 64 valence electrons. The highest BCUT2D eigenvalue weighted by Crippen LogP contribution is 2.50. The molecule has 0 aromatic rings. The van der Waals surface area contributed by atoms with Gasteiger partial charge in [0.25, 0.3) is 0 Å². The van der Waals surface area contributed by atoms with Crippen molar-refractivity contribution < 1.29 is 13.9 Å². The van der Waals surface area contributed by atoms with Crippen LogP contribution in [0.1, 0.15) is 13.3 Å².